The van der Waals surface area contributed by atoms with Gasteiger partial charge in [-0.3, -0.25) is 14.9 Å². The van der Waals surface area contributed by atoms with Gasteiger partial charge in [-0.2, -0.15) is 5.10 Å². The van der Waals surface area contributed by atoms with Crippen molar-refractivity contribution in [3.05, 3.63) is 59.4 Å². The van der Waals surface area contributed by atoms with E-state index in [1.165, 1.54) is 31.2 Å². The average Bonchev–Trinajstić information content (AvgIpc) is 3.02. The summed E-state index contributed by atoms with van der Waals surface area (Å²) in [5.74, 6) is 0.0409. The fourth-order valence-electron chi connectivity index (χ4n) is 3.37. The van der Waals surface area contributed by atoms with E-state index in [-0.39, 0.29) is 12.3 Å². The number of carbonyl (C=O) groups is 1. The van der Waals surface area contributed by atoms with Crippen molar-refractivity contribution in [1.82, 2.24) is 5.43 Å². The maximum absolute atomic E-state index is 12.2. The fraction of sp³-hybridized carbons (Fsp3) is 0.333. The predicted molar refractivity (Wildman–Crippen MR) is 135 cm³/mol. The first-order valence-electron chi connectivity index (χ1n) is 9.98. The minimum atomic E-state index is -0.454. The van der Waals surface area contributed by atoms with E-state index in [0.29, 0.717) is 20.3 Å². The molecule has 0 aromatic heterocycles. The lowest BCUT2D eigenvalue weighted by atomic mass is 10.1. The SMILES string of the molecule is O=C(COc1c(Br)cc(Br)cc1Br)N/N=C/c1cc([N+](=O)[O-])ccc1N1CCCCCC1. The summed E-state index contributed by atoms with van der Waals surface area (Å²) < 4.78 is 7.81. The molecule has 32 heavy (non-hydrogen) atoms. The standard InChI is InChI=1S/C21H21Br3N4O4/c22-15-10-17(23)21(18(24)11-15)32-13-20(29)26-25-12-14-9-16(28(30)31)5-6-19(14)27-7-3-1-2-4-8-27/h5-6,9-12H,1-4,7-8,13H2,(H,26,29)/b25-12+. The summed E-state index contributed by atoms with van der Waals surface area (Å²) in [6.45, 7) is 1.52. The van der Waals surface area contributed by atoms with E-state index in [2.05, 4.69) is 63.2 Å². The molecule has 1 aliphatic rings. The Kier molecular flexibility index (Phi) is 9.06. The molecule has 0 saturated carbocycles. The zero-order chi connectivity index (χ0) is 23.1. The summed E-state index contributed by atoms with van der Waals surface area (Å²) in [6, 6.07) is 8.34. The Labute approximate surface area is 210 Å². The van der Waals surface area contributed by atoms with Crippen LogP contribution in [-0.2, 0) is 4.79 Å². The van der Waals surface area contributed by atoms with Crippen molar-refractivity contribution >= 4 is 71.3 Å². The summed E-state index contributed by atoms with van der Waals surface area (Å²) >= 11 is 10.2. The molecule has 0 aliphatic carbocycles. The van der Waals surface area contributed by atoms with E-state index in [1.54, 1.807) is 6.07 Å². The third kappa shape index (κ3) is 6.76. The van der Waals surface area contributed by atoms with Crippen molar-refractivity contribution in [2.75, 3.05) is 24.6 Å². The number of non-ortho nitro benzene ring substituents is 1. The van der Waals surface area contributed by atoms with Gasteiger partial charge in [0.2, 0.25) is 0 Å². The van der Waals surface area contributed by atoms with Crippen LogP contribution in [-0.4, -0.2) is 36.7 Å². The Morgan fingerprint density at radius 1 is 1.12 bits per heavy atom. The van der Waals surface area contributed by atoms with Crippen LogP contribution in [0.1, 0.15) is 31.2 Å². The Bertz CT molecular complexity index is 1000. The van der Waals surface area contributed by atoms with Crippen LogP contribution in [0.15, 0.2) is 48.9 Å². The zero-order valence-electron chi connectivity index (χ0n) is 17.0. The van der Waals surface area contributed by atoms with Gasteiger partial charge in [0.05, 0.1) is 20.1 Å². The maximum atomic E-state index is 12.2. The number of nitrogens with one attached hydrogen (secondary N) is 1. The van der Waals surface area contributed by atoms with Crippen LogP contribution in [0.5, 0.6) is 5.75 Å². The first kappa shape index (κ1) is 24.7. The number of anilines is 1. The number of nitro groups is 1. The molecule has 8 nitrogen and oxygen atoms in total. The molecular weight excluding hydrogens is 612 g/mol. The van der Waals surface area contributed by atoms with E-state index in [4.69, 9.17) is 4.74 Å². The molecule has 1 heterocycles. The first-order valence-corrected chi connectivity index (χ1v) is 12.4. The monoisotopic (exact) mass is 630 g/mol. The van der Waals surface area contributed by atoms with Crippen LogP contribution in [0.25, 0.3) is 0 Å². The number of carbonyl (C=O) groups excluding carboxylic acids is 1. The lowest BCUT2D eigenvalue weighted by Gasteiger charge is -2.24. The molecule has 1 amide bonds. The van der Waals surface area contributed by atoms with Gasteiger partial charge in [-0.05, 0) is 62.9 Å². The number of halogens is 3. The molecule has 2 aromatic rings. The second-order valence-electron chi connectivity index (χ2n) is 7.18. The van der Waals surface area contributed by atoms with Crippen LogP contribution in [0.3, 0.4) is 0 Å². The highest BCUT2D eigenvalue weighted by Gasteiger charge is 2.16. The second kappa shape index (κ2) is 11.8. The third-order valence-corrected chi connectivity index (χ3v) is 6.51. The highest BCUT2D eigenvalue weighted by Crippen LogP contribution is 2.36. The van der Waals surface area contributed by atoms with E-state index >= 15 is 0 Å². The molecule has 1 fully saturated rings. The van der Waals surface area contributed by atoms with Crippen molar-refractivity contribution in [1.29, 1.82) is 0 Å². The number of hydrazone groups is 1. The molecule has 1 aliphatic heterocycles. The van der Waals surface area contributed by atoms with Crippen molar-refractivity contribution in [3.63, 3.8) is 0 Å². The number of nitro benzene ring substituents is 1. The summed E-state index contributed by atoms with van der Waals surface area (Å²) in [5.41, 5.74) is 3.85. The Hall–Kier alpha value is -1.98. The molecule has 1 N–H and O–H groups in total. The molecule has 0 bridgehead atoms. The van der Waals surface area contributed by atoms with Gasteiger partial charge in [-0.15, -0.1) is 0 Å². The Balaban J connectivity index is 1.68. The number of nitrogens with zero attached hydrogens (tertiary/aromatic N) is 3. The van der Waals surface area contributed by atoms with Crippen LogP contribution < -0.4 is 15.1 Å². The van der Waals surface area contributed by atoms with Gasteiger partial charge in [0, 0.05) is 40.9 Å². The molecule has 2 aromatic carbocycles. The lowest BCUT2D eigenvalue weighted by molar-refractivity contribution is -0.384. The van der Waals surface area contributed by atoms with E-state index in [9.17, 15) is 14.9 Å². The highest BCUT2D eigenvalue weighted by molar-refractivity contribution is 9.11. The van der Waals surface area contributed by atoms with E-state index in [1.807, 2.05) is 12.1 Å². The Morgan fingerprint density at radius 3 is 2.41 bits per heavy atom. The summed E-state index contributed by atoms with van der Waals surface area (Å²) in [7, 11) is 0. The van der Waals surface area contributed by atoms with Crippen molar-refractivity contribution in [3.8, 4) is 5.75 Å². The van der Waals surface area contributed by atoms with Gasteiger partial charge in [-0.1, -0.05) is 28.8 Å². The van der Waals surface area contributed by atoms with Crippen molar-refractivity contribution in [2.45, 2.75) is 25.7 Å². The Morgan fingerprint density at radius 2 is 1.78 bits per heavy atom. The van der Waals surface area contributed by atoms with Gasteiger partial charge in [-0.25, -0.2) is 5.43 Å². The zero-order valence-corrected chi connectivity index (χ0v) is 21.8. The number of rotatable bonds is 7. The van der Waals surface area contributed by atoms with Gasteiger partial charge in [0.25, 0.3) is 11.6 Å². The maximum Gasteiger partial charge on any atom is 0.277 e. The number of amides is 1. The minimum Gasteiger partial charge on any atom is -0.481 e. The number of hydrogen-bond acceptors (Lipinski definition) is 6. The first-order chi connectivity index (χ1) is 15.3. The average molecular weight is 633 g/mol. The largest absolute Gasteiger partial charge is 0.481 e. The highest BCUT2D eigenvalue weighted by atomic mass is 79.9. The minimum absolute atomic E-state index is 0.0235. The van der Waals surface area contributed by atoms with Gasteiger partial charge < -0.3 is 9.64 Å². The molecular formula is C21H21Br3N4O4. The summed E-state index contributed by atoms with van der Waals surface area (Å²) in [6.07, 6.45) is 5.93. The normalized spacial score (nSPS) is 14.3. The summed E-state index contributed by atoms with van der Waals surface area (Å²) in [4.78, 5) is 25.2. The fourth-order valence-corrected chi connectivity index (χ4v) is 5.86. The van der Waals surface area contributed by atoms with E-state index in [0.717, 1.165) is 36.1 Å². The van der Waals surface area contributed by atoms with Crippen molar-refractivity contribution < 1.29 is 14.5 Å². The number of hydrogen-bond donors (Lipinski definition) is 1. The van der Waals surface area contributed by atoms with Gasteiger partial charge >= 0.3 is 0 Å². The lowest BCUT2D eigenvalue weighted by Crippen LogP contribution is -2.26. The molecule has 170 valence electrons. The smallest absolute Gasteiger partial charge is 0.277 e. The summed E-state index contributed by atoms with van der Waals surface area (Å²) in [5, 5.41) is 15.2. The molecule has 0 spiro atoms. The molecule has 0 atom stereocenters. The topological polar surface area (TPSA) is 97.1 Å². The molecule has 11 heteroatoms. The van der Waals surface area contributed by atoms with Crippen LogP contribution in [0.4, 0.5) is 11.4 Å². The van der Waals surface area contributed by atoms with Gasteiger partial charge in [0.1, 0.15) is 5.75 Å². The van der Waals surface area contributed by atoms with Crippen LogP contribution >= 0.6 is 47.8 Å². The quantitative estimate of drug-likeness (QED) is 0.237. The number of ether oxygens (including phenoxy) is 1. The van der Waals surface area contributed by atoms with Gasteiger partial charge in [0.15, 0.2) is 6.61 Å². The van der Waals surface area contributed by atoms with Crippen LogP contribution in [0.2, 0.25) is 0 Å². The van der Waals surface area contributed by atoms with Crippen molar-refractivity contribution in [2.24, 2.45) is 5.10 Å². The third-order valence-electron chi connectivity index (χ3n) is 4.87. The molecule has 0 radical (unpaired) electrons. The van der Waals surface area contributed by atoms with E-state index < -0.39 is 10.8 Å². The number of benzene rings is 2. The predicted octanol–water partition coefficient (Wildman–Crippen LogP) is 5.79. The molecule has 0 unspecified atom stereocenters. The second-order valence-corrected chi connectivity index (χ2v) is 9.81. The molecule has 1 saturated heterocycles. The van der Waals surface area contributed by atoms with Crippen LogP contribution in [0, 0.1) is 10.1 Å². The molecule has 3 rings (SSSR count).